The number of rotatable bonds is 4. The predicted octanol–water partition coefficient (Wildman–Crippen LogP) is 1.65. The Labute approximate surface area is 119 Å². The average molecular weight is 292 g/mol. The standard InChI is InChI=1S/C14H13FN2O4/c15-10-3-2-8(5-9(10)14(16)21)17-6-7-1-4-11(18)13(20)12(7)19/h1-5,17-20H,6H2,(H2,16,21). The van der Waals surface area contributed by atoms with Gasteiger partial charge >= 0.3 is 0 Å². The third kappa shape index (κ3) is 2.97. The monoisotopic (exact) mass is 292 g/mol. The van der Waals surface area contributed by atoms with Crippen LogP contribution in [0.5, 0.6) is 17.2 Å². The number of nitrogens with two attached hydrogens (primary N) is 1. The van der Waals surface area contributed by atoms with Crippen LogP contribution >= 0.6 is 0 Å². The lowest BCUT2D eigenvalue weighted by Crippen LogP contribution is -2.13. The summed E-state index contributed by atoms with van der Waals surface area (Å²) in [5, 5.41) is 31.1. The van der Waals surface area contributed by atoms with Gasteiger partial charge in [-0.15, -0.1) is 0 Å². The molecule has 0 aromatic heterocycles. The number of phenols is 3. The maximum absolute atomic E-state index is 13.3. The van der Waals surface area contributed by atoms with Crippen LogP contribution in [0.2, 0.25) is 0 Å². The molecule has 2 aromatic rings. The van der Waals surface area contributed by atoms with E-state index in [9.17, 15) is 24.5 Å². The van der Waals surface area contributed by atoms with Crippen molar-refractivity contribution in [1.82, 2.24) is 0 Å². The summed E-state index contributed by atoms with van der Waals surface area (Å²) in [7, 11) is 0. The van der Waals surface area contributed by atoms with Gasteiger partial charge in [0.25, 0.3) is 5.91 Å². The van der Waals surface area contributed by atoms with E-state index in [1.807, 2.05) is 0 Å². The summed E-state index contributed by atoms with van der Waals surface area (Å²) >= 11 is 0. The first kappa shape index (κ1) is 14.4. The normalized spacial score (nSPS) is 10.3. The van der Waals surface area contributed by atoms with Crippen molar-refractivity contribution in [2.45, 2.75) is 6.54 Å². The van der Waals surface area contributed by atoms with Gasteiger partial charge in [0, 0.05) is 17.8 Å². The Kier molecular flexibility index (Phi) is 3.84. The highest BCUT2D eigenvalue weighted by Crippen LogP contribution is 2.37. The SMILES string of the molecule is NC(=O)c1cc(NCc2ccc(O)c(O)c2O)ccc1F. The fourth-order valence-corrected chi connectivity index (χ4v) is 1.77. The molecule has 0 unspecified atom stereocenters. The van der Waals surface area contributed by atoms with Crippen LogP contribution in [-0.4, -0.2) is 21.2 Å². The van der Waals surface area contributed by atoms with Crippen molar-refractivity contribution >= 4 is 11.6 Å². The maximum atomic E-state index is 13.3. The van der Waals surface area contributed by atoms with Crippen molar-refractivity contribution in [3.8, 4) is 17.2 Å². The second-order valence-corrected chi connectivity index (χ2v) is 4.35. The van der Waals surface area contributed by atoms with Gasteiger partial charge in [-0.3, -0.25) is 4.79 Å². The second-order valence-electron chi connectivity index (χ2n) is 4.35. The van der Waals surface area contributed by atoms with E-state index in [1.54, 1.807) is 0 Å². The molecule has 2 aromatic carbocycles. The van der Waals surface area contributed by atoms with E-state index in [0.717, 1.165) is 6.07 Å². The number of primary amides is 1. The number of aromatic hydroxyl groups is 3. The highest BCUT2D eigenvalue weighted by Gasteiger charge is 2.12. The molecule has 0 fully saturated rings. The topological polar surface area (TPSA) is 116 Å². The van der Waals surface area contributed by atoms with Gasteiger partial charge in [0.2, 0.25) is 5.75 Å². The van der Waals surface area contributed by atoms with Gasteiger partial charge in [-0.2, -0.15) is 0 Å². The Morgan fingerprint density at radius 1 is 1.14 bits per heavy atom. The zero-order valence-corrected chi connectivity index (χ0v) is 10.8. The van der Waals surface area contributed by atoms with Crippen LogP contribution in [0.25, 0.3) is 0 Å². The molecule has 0 aliphatic heterocycles. The van der Waals surface area contributed by atoms with Gasteiger partial charge in [-0.05, 0) is 30.3 Å². The molecule has 0 aliphatic rings. The summed E-state index contributed by atoms with van der Waals surface area (Å²) in [5.41, 5.74) is 5.52. The Morgan fingerprint density at radius 2 is 1.86 bits per heavy atom. The molecule has 0 saturated heterocycles. The Hall–Kier alpha value is -2.96. The molecular formula is C14H13FN2O4. The maximum Gasteiger partial charge on any atom is 0.251 e. The van der Waals surface area contributed by atoms with E-state index in [2.05, 4.69) is 5.32 Å². The first-order valence-corrected chi connectivity index (χ1v) is 5.96. The quantitative estimate of drug-likeness (QED) is 0.549. The minimum Gasteiger partial charge on any atom is -0.504 e. The van der Waals surface area contributed by atoms with Crippen molar-refractivity contribution in [2.24, 2.45) is 5.73 Å². The van der Waals surface area contributed by atoms with Crippen molar-refractivity contribution in [1.29, 1.82) is 0 Å². The van der Waals surface area contributed by atoms with E-state index < -0.39 is 29.0 Å². The lowest BCUT2D eigenvalue weighted by molar-refractivity contribution is 0.0996. The summed E-state index contributed by atoms with van der Waals surface area (Å²) in [6.45, 7) is 0.0868. The van der Waals surface area contributed by atoms with E-state index in [4.69, 9.17) is 5.73 Å². The number of carbonyl (C=O) groups is 1. The number of nitrogens with one attached hydrogen (secondary N) is 1. The van der Waals surface area contributed by atoms with E-state index >= 15 is 0 Å². The summed E-state index contributed by atoms with van der Waals surface area (Å²) in [4.78, 5) is 11.0. The zero-order chi connectivity index (χ0) is 15.6. The molecule has 0 bridgehead atoms. The fraction of sp³-hybridized carbons (Fsp3) is 0.0714. The highest BCUT2D eigenvalue weighted by atomic mass is 19.1. The molecule has 0 spiro atoms. The van der Waals surface area contributed by atoms with Crippen molar-refractivity contribution in [3.63, 3.8) is 0 Å². The van der Waals surface area contributed by atoms with Gasteiger partial charge in [-0.1, -0.05) is 0 Å². The lowest BCUT2D eigenvalue weighted by Gasteiger charge is -2.11. The minimum absolute atomic E-state index is 0.0868. The van der Waals surface area contributed by atoms with E-state index in [0.29, 0.717) is 11.3 Å². The van der Waals surface area contributed by atoms with E-state index in [-0.39, 0.29) is 12.1 Å². The van der Waals surface area contributed by atoms with Gasteiger partial charge in [0.15, 0.2) is 11.5 Å². The first-order valence-electron chi connectivity index (χ1n) is 5.96. The Morgan fingerprint density at radius 3 is 2.52 bits per heavy atom. The molecule has 1 amide bonds. The summed E-state index contributed by atoms with van der Waals surface area (Å²) in [6.07, 6.45) is 0. The largest absolute Gasteiger partial charge is 0.504 e. The minimum atomic E-state index is -0.888. The predicted molar refractivity (Wildman–Crippen MR) is 73.7 cm³/mol. The smallest absolute Gasteiger partial charge is 0.251 e. The molecule has 0 aliphatic carbocycles. The van der Waals surface area contributed by atoms with Crippen LogP contribution in [0.1, 0.15) is 15.9 Å². The number of amides is 1. The number of benzene rings is 2. The van der Waals surface area contributed by atoms with Crippen LogP contribution in [0, 0.1) is 5.82 Å². The molecule has 110 valence electrons. The second kappa shape index (κ2) is 5.58. The van der Waals surface area contributed by atoms with E-state index in [1.165, 1.54) is 24.3 Å². The molecular weight excluding hydrogens is 279 g/mol. The number of anilines is 1. The highest BCUT2D eigenvalue weighted by molar-refractivity contribution is 5.94. The third-order valence-electron chi connectivity index (χ3n) is 2.93. The number of hydrogen-bond donors (Lipinski definition) is 5. The zero-order valence-electron chi connectivity index (χ0n) is 10.8. The van der Waals surface area contributed by atoms with Crippen LogP contribution in [0.3, 0.4) is 0 Å². The van der Waals surface area contributed by atoms with Gasteiger partial charge in [-0.25, -0.2) is 4.39 Å². The number of phenolic OH excluding ortho intramolecular Hbond substituents is 3. The van der Waals surface area contributed by atoms with Crippen LogP contribution in [0.4, 0.5) is 10.1 Å². The van der Waals surface area contributed by atoms with Gasteiger partial charge in [0.1, 0.15) is 5.82 Å². The number of carbonyl (C=O) groups excluding carboxylic acids is 1. The van der Waals surface area contributed by atoms with Crippen LogP contribution in [-0.2, 0) is 6.54 Å². The number of halogens is 1. The third-order valence-corrected chi connectivity index (χ3v) is 2.93. The van der Waals surface area contributed by atoms with Crippen LogP contribution < -0.4 is 11.1 Å². The molecule has 2 rings (SSSR count). The first-order chi connectivity index (χ1) is 9.90. The molecule has 7 heteroatoms. The lowest BCUT2D eigenvalue weighted by atomic mass is 10.1. The van der Waals surface area contributed by atoms with Crippen LogP contribution in [0.15, 0.2) is 30.3 Å². The molecule has 0 saturated carbocycles. The summed E-state index contributed by atoms with van der Waals surface area (Å²) in [6, 6.07) is 6.38. The molecule has 6 nitrogen and oxygen atoms in total. The molecule has 0 atom stereocenters. The molecule has 0 heterocycles. The molecule has 6 N–H and O–H groups in total. The van der Waals surface area contributed by atoms with Crippen molar-refractivity contribution in [2.75, 3.05) is 5.32 Å². The van der Waals surface area contributed by atoms with Gasteiger partial charge < -0.3 is 26.4 Å². The fourth-order valence-electron chi connectivity index (χ4n) is 1.77. The average Bonchev–Trinajstić information content (AvgIpc) is 2.45. The Balaban J connectivity index is 2.19. The molecule has 21 heavy (non-hydrogen) atoms. The van der Waals surface area contributed by atoms with Gasteiger partial charge in [0.05, 0.1) is 5.56 Å². The van der Waals surface area contributed by atoms with Crippen molar-refractivity contribution in [3.05, 3.63) is 47.3 Å². The summed E-state index contributed by atoms with van der Waals surface area (Å²) < 4.78 is 13.3. The molecule has 0 radical (unpaired) electrons. The Bertz CT molecular complexity index is 704. The summed E-state index contributed by atoms with van der Waals surface area (Å²) in [5.74, 6) is -3.13. The van der Waals surface area contributed by atoms with Crippen molar-refractivity contribution < 1.29 is 24.5 Å². The number of hydrogen-bond acceptors (Lipinski definition) is 5.